The minimum absolute atomic E-state index is 0.104. The second-order valence-electron chi connectivity index (χ2n) is 7.65. The smallest absolute Gasteiger partial charge is 0.331 e. The van der Waals surface area contributed by atoms with Gasteiger partial charge in [-0.1, -0.05) is 6.07 Å². The highest BCUT2D eigenvalue weighted by Gasteiger charge is 2.30. The lowest BCUT2D eigenvalue weighted by molar-refractivity contribution is -0.133. The molecule has 0 spiro atoms. The number of amides is 1. The van der Waals surface area contributed by atoms with Crippen LogP contribution < -0.4 is 11.2 Å². The van der Waals surface area contributed by atoms with E-state index < -0.39 is 33.7 Å². The normalized spacial score (nSPS) is 14.9. The summed E-state index contributed by atoms with van der Waals surface area (Å²) in [6, 6.07) is 6.71. The largest absolute Gasteiger partial charge is 0.338 e. The van der Waals surface area contributed by atoms with Gasteiger partial charge in [0.15, 0.2) is 0 Å². The molecule has 3 rings (SSSR count). The maximum Gasteiger partial charge on any atom is 0.331 e. The van der Waals surface area contributed by atoms with Gasteiger partial charge < -0.3 is 4.90 Å². The summed E-state index contributed by atoms with van der Waals surface area (Å²) in [5, 5.41) is 9.13. The molecule has 0 saturated carbocycles. The van der Waals surface area contributed by atoms with Crippen LogP contribution in [0.3, 0.4) is 0 Å². The fraction of sp³-hybridized carbons (Fsp3) is 0.429. The van der Waals surface area contributed by atoms with Crippen molar-refractivity contribution in [3.63, 3.8) is 0 Å². The number of hydrogen-bond donors (Lipinski definition) is 0. The van der Waals surface area contributed by atoms with Crippen molar-refractivity contribution >= 4 is 15.9 Å². The summed E-state index contributed by atoms with van der Waals surface area (Å²) >= 11 is 0. The van der Waals surface area contributed by atoms with Crippen LogP contribution in [0.25, 0.3) is 0 Å². The maximum atomic E-state index is 13.0. The van der Waals surface area contributed by atoms with E-state index in [0.717, 1.165) is 15.7 Å². The Balaban J connectivity index is 1.74. The van der Waals surface area contributed by atoms with E-state index in [9.17, 15) is 22.8 Å². The predicted octanol–water partition coefficient (Wildman–Crippen LogP) is 0.0515. The van der Waals surface area contributed by atoms with E-state index in [1.165, 1.54) is 20.0 Å². The van der Waals surface area contributed by atoms with Crippen molar-refractivity contribution in [2.24, 2.45) is 0 Å². The summed E-state index contributed by atoms with van der Waals surface area (Å²) in [4.78, 5) is 39.2. The molecule has 170 valence electrons. The highest BCUT2D eigenvalue weighted by Crippen LogP contribution is 2.20. The van der Waals surface area contributed by atoms with E-state index in [1.54, 1.807) is 31.2 Å². The number of carbonyl (C=O) groups excluding carboxylic acids is 1. The molecule has 0 N–H and O–H groups in total. The third-order valence-electron chi connectivity index (χ3n) is 5.70. The Hall–Kier alpha value is -3.23. The zero-order valence-electron chi connectivity index (χ0n) is 18.2. The van der Waals surface area contributed by atoms with Gasteiger partial charge in [-0.2, -0.15) is 9.57 Å². The molecular formula is C21H25N5O5S. The molecule has 1 aromatic carbocycles. The molecule has 10 nitrogen and oxygen atoms in total. The number of hydrogen-bond acceptors (Lipinski definition) is 6. The molecule has 0 aliphatic carbocycles. The van der Waals surface area contributed by atoms with Crippen molar-refractivity contribution in [1.29, 1.82) is 5.26 Å². The van der Waals surface area contributed by atoms with E-state index in [1.807, 2.05) is 13.8 Å². The Morgan fingerprint density at radius 1 is 1.09 bits per heavy atom. The second kappa shape index (κ2) is 9.10. The highest BCUT2D eigenvalue weighted by molar-refractivity contribution is 7.89. The lowest BCUT2D eigenvalue weighted by Crippen LogP contribution is -2.52. The van der Waals surface area contributed by atoms with Crippen LogP contribution in [0.2, 0.25) is 0 Å². The first-order valence-electron chi connectivity index (χ1n) is 10.2. The molecule has 0 atom stereocenters. The zero-order chi connectivity index (χ0) is 23.6. The number of aromatic nitrogens is 2. The number of piperazine rings is 1. The fourth-order valence-electron chi connectivity index (χ4n) is 3.53. The second-order valence-corrected chi connectivity index (χ2v) is 9.58. The minimum Gasteiger partial charge on any atom is -0.338 e. The van der Waals surface area contributed by atoms with Gasteiger partial charge in [-0.15, -0.1) is 0 Å². The van der Waals surface area contributed by atoms with Gasteiger partial charge in [0.1, 0.15) is 18.2 Å². The topological polar surface area (TPSA) is 125 Å². The van der Waals surface area contributed by atoms with Gasteiger partial charge in [-0.25, -0.2) is 17.8 Å². The molecule has 2 aromatic rings. The Labute approximate surface area is 186 Å². The molecule has 32 heavy (non-hydrogen) atoms. The summed E-state index contributed by atoms with van der Waals surface area (Å²) in [6.07, 6.45) is 1.18. The minimum atomic E-state index is -3.69. The summed E-state index contributed by atoms with van der Waals surface area (Å²) in [5.41, 5.74) is 0.177. The van der Waals surface area contributed by atoms with Crippen LogP contribution in [0, 0.1) is 25.2 Å². The van der Waals surface area contributed by atoms with Crippen LogP contribution in [0.5, 0.6) is 0 Å². The average Bonchev–Trinajstić information content (AvgIpc) is 2.78. The van der Waals surface area contributed by atoms with Gasteiger partial charge in [0.05, 0.1) is 4.90 Å². The first kappa shape index (κ1) is 23.4. The van der Waals surface area contributed by atoms with Crippen molar-refractivity contribution in [3.8, 4) is 6.07 Å². The van der Waals surface area contributed by atoms with Gasteiger partial charge in [0.2, 0.25) is 15.9 Å². The molecule has 1 amide bonds. The predicted molar refractivity (Wildman–Crippen MR) is 117 cm³/mol. The van der Waals surface area contributed by atoms with Gasteiger partial charge >= 0.3 is 5.69 Å². The van der Waals surface area contributed by atoms with E-state index in [2.05, 4.69) is 0 Å². The standard InChI is InChI=1S/C21H25N5O5S/c1-4-23-13-17(12-22)20(28)26(21(23)29)14-19(27)24-7-9-25(10-8-24)32(30,31)18-6-5-15(2)16(3)11-18/h5-6,11,13H,4,7-10,14H2,1-3H3. The third-order valence-corrected chi connectivity index (χ3v) is 7.59. The van der Waals surface area contributed by atoms with Gasteiger partial charge in [-0.05, 0) is 44.0 Å². The van der Waals surface area contributed by atoms with E-state index in [-0.39, 0.29) is 43.2 Å². The van der Waals surface area contributed by atoms with Gasteiger partial charge in [0.25, 0.3) is 5.56 Å². The van der Waals surface area contributed by atoms with E-state index in [0.29, 0.717) is 0 Å². The van der Waals surface area contributed by atoms with Crippen molar-refractivity contribution < 1.29 is 13.2 Å². The first-order valence-corrected chi connectivity index (χ1v) is 11.6. The molecule has 1 fully saturated rings. The number of nitriles is 1. The summed E-state index contributed by atoms with van der Waals surface area (Å²) in [7, 11) is -3.69. The Kier molecular flexibility index (Phi) is 6.66. The summed E-state index contributed by atoms with van der Waals surface area (Å²) in [5.74, 6) is -0.481. The molecule has 0 unspecified atom stereocenters. The SMILES string of the molecule is CCn1cc(C#N)c(=O)n(CC(=O)N2CCN(S(=O)(=O)c3ccc(C)c(C)c3)CC2)c1=O. The first-order chi connectivity index (χ1) is 15.1. The molecule has 0 bridgehead atoms. The number of sulfonamides is 1. The van der Waals surface area contributed by atoms with Crippen molar-refractivity contribution in [2.75, 3.05) is 26.2 Å². The maximum absolute atomic E-state index is 13.0. The van der Waals surface area contributed by atoms with Crippen molar-refractivity contribution in [2.45, 2.75) is 38.8 Å². The van der Waals surface area contributed by atoms with Crippen LogP contribution in [-0.2, 0) is 27.9 Å². The number of benzene rings is 1. The lowest BCUT2D eigenvalue weighted by atomic mass is 10.1. The number of carbonyl (C=O) groups is 1. The Bertz CT molecular complexity index is 1310. The number of aryl methyl sites for hydroxylation is 3. The van der Waals surface area contributed by atoms with Crippen LogP contribution in [0.15, 0.2) is 38.9 Å². The molecule has 2 heterocycles. The number of nitrogens with zero attached hydrogens (tertiary/aromatic N) is 5. The Morgan fingerprint density at radius 3 is 2.31 bits per heavy atom. The monoisotopic (exact) mass is 459 g/mol. The lowest BCUT2D eigenvalue weighted by Gasteiger charge is -2.34. The Morgan fingerprint density at radius 2 is 1.75 bits per heavy atom. The van der Waals surface area contributed by atoms with E-state index >= 15 is 0 Å². The average molecular weight is 460 g/mol. The molecule has 1 aliphatic rings. The highest BCUT2D eigenvalue weighted by atomic mass is 32.2. The van der Waals surface area contributed by atoms with Crippen molar-refractivity contribution in [1.82, 2.24) is 18.3 Å². The molecule has 1 aliphatic heterocycles. The molecule has 11 heteroatoms. The summed E-state index contributed by atoms with van der Waals surface area (Å²) < 4.78 is 29.2. The summed E-state index contributed by atoms with van der Waals surface area (Å²) in [6.45, 7) is 5.67. The fourth-order valence-corrected chi connectivity index (χ4v) is 5.04. The molecule has 1 saturated heterocycles. The number of rotatable bonds is 5. The van der Waals surface area contributed by atoms with Crippen LogP contribution in [0.4, 0.5) is 0 Å². The third kappa shape index (κ3) is 4.37. The van der Waals surface area contributed by atoms with Crippen LogP contribution in [0.1, 0.15) is 23.6 Å². The molecule has 0 radical (unpaired) electrons. The molecule has 1 aromatic heterocycles. The quantitative estimate of drug-likeness (QED) is 0.622. The van der Waals surface area contributed by atoms with Crippen LogP contribution >= 0.6 is 0 Å². The zero-order valence-corrected chi connectivity index (χ0v) is 19.1. The van der Waals surface area contributed by atoms with Crippen molar-refractivity contribution in [3.05, 3.63) is 61.9 Å². The van der Waals surface area contributed by atoms with Gasteiger partial charge in [-0.3, -0.25) is 14.2 Å². The van der Waals surface area contributed by atoms with Crippen LogP contribution in [-0.4, -0.2) is 58.8 Å². The molecular weight excluding hydrogens is 434 g/mol. The van der Waals surface area contributed by atoms with Gasteiger partial charge in [0, 0.05) is 38.9 Å². The van der Waals surface area contributed by atoms with E-state index in [4.69, 9.17) is 5.26 Å².